The van der Waals surface area contributed by atoms with Crippen LogP contribution in [0.25, 0.3) is 0 Å². The van der Waals surface area contributed by atoms with E-state index in [2.05, 4.69) is 11.9 Å². The molecule has 8 heteroatoms. The quantitative estimate of drug-likeness (QED) is 0.505. The van der Waals surface area contributed by atoms with Gasteiger partial charge in [-0.3, -0.25) is 9.69 Å². The first-order valence-electron chi connectivity index (χ1n) is 10.4. The summed E-state index contributed by atoms with van der Waals surface area (Å²) in [7, 11) is 0. The van der Waals surface area contributed by atoms with E-state index in [1.165, 1.54) is 4.90 Å². The van der Waals surface area contributed by atoms with E-state index in [-0.39, 0.29) is 26.0 Å². The van der Waals surface area contributed by atoms with Crippen molar-refractivity contribution in [1.29, 1.82) is 0 Å². The molecular formula is C23H32N2O6. The zero-order valence-corrected chi connectivity index (χ0v) is 18.6. The molecule has 1 aromatic carbocycles. The highest BCUT2D eigenvalue weighted by Gasteiger charge is 2.54. The summed E-state index contributed by atoms with van der Waals surface area (Å²) in [6, 6.07) is 8.26. The van der Waals surface area contributed by atoms with Gasteiger partial charge in [0.1, 0.15) is 24.0 Å². The molecule has 1 heterocycles. The number of carbonyl (C=O) groups is 3. The Kier molecular flexibility index (Phi) is 7.70. The Morgan fingerprint density at radius 1 is 1.26 bits per heavy atom. The first kappa shape index (κ1) is 24.2. The number of hydrogen-bond donors (Lipinski definition) is 2. The maximum absolute atomic E-state index is 13.2. The molecule has 1 fully saturated rings. The number of aliphatic hydroxyl groups is 1. The minimum atomic E-state index is -1.70. The standard InChI is InChI=1S/C23H32N2O6/c1-6-18(19(27)30-15-17-11-8-7-9-12-17)24-20(28)23(16(2)26)13-10-14-25(23)21(29)31-22(3,4)5/h7-9,11-12,18,26H,2,6,10,13-15H2,1,3-5H3,(H,24,28)/t18-,23+/m0/s1. The number of amides is 2. The lowest BCUT2D eigenvalue weighted by molar-refractivity contribution is -0.150. The van der Waals surface area contributed by atoms with E-state index in [0.29, 0.717) is 6.42 Å². The maximum atomic E-state index is 13.2. The Hall–Kier alpha value is -3.03. The number of carbonyl (C=O) groups excluding carboxylic acids is 3. The molecule has 0 saturated carbocycles. The predicted octanol–water partition coefficient (Wildman–Crippen LogP) is 3.47. The van der Waals surface area contributed by atoms with E-state index in [0.717, 1.165) is 5.56 Å². The molecule has 1 saturated heterocycles. The van der Waals surface area contributed by atoms with Crippen LogP contribution in [0.15, 0.2) is 42.7 Å². The van der Waals surface area contributed by atoms with Gasteiger partial charge >= 0.3 is 12.1 Å². The molecule has 0 radical (unpaired) electrons. The van der Waals surface area contributed by atoms with Gasteiger partial charge in [0.25, 0.3) is 5.91 Å². The number of rotatable bonds is 7. The Morgan fingerprint density at radius 2 is 1.90 bits per heavy atom. The number of likely N-dealkylation sites (tertiary alicyclic amines) is 1. The highest BCUT2D eigenvalue weighted by Crippen LogP contribution is 2.36. The second-order valence-corrected chi connectivity index (χ2v) is 8.57. The Balaban J connectivity index is 2.14. The van der Waals surface area contributed by atoms with Gasteiger partial charge in [-0.05, 0) is 45.6 Å². The molecule has 2 N–H and O–H groups in total. The van der Waals surface area contributed by atoms with E-state index < -0.39 is 40.9 Å². The van der Waals surface area contributed by atoms with Gasteiger partial charge in [-0.1, -0.05) is 43.8 Å². The van der Waals surface area contributed by atoms with Gasteiger partial charge in [-0.15, -0.1) is 0 Å². The summed E-state index contributed by atoms with van der Waals surface area (Å²) >= 11 is 0. The molecule has 0 spiro atoms. The smallest absolute Gasteiger partial charge is 0.411 e. The summed E-state index contributed by atoms with van der Waals surface area (Å²) < 4.78 is 10.7. The van der Waals surface area contributed by atoms with E-state index in [4.69, 9.17) is 9.47 Å². The molecule has 0 aromatic heterocycles. The number of benzene rings is 1. The Bertz CT molecular complexity index is 817. The number of nitrogens with one attached hydrogen (secondary N) is 1. The fraction of sp³-hybridized carbons (Fsp3) is 0.522. The van der Waals surface area contributed by atoms with Gasteiger partial charge in [0, 0.05) is 6.54 Å². The van der Waals surface area contributed by atoms with Crippen molar-refractivity contribution >= 4 is 18.0 Å². The van der Waals surface area contributed by atoms with Crippen molar-refractivity contribution in [2.75, 3.05) is 6.54 Å². The number of esters is 1. The van der Waals surface area contributed by atoms with Gasteiger partial charge in [-0.25, -0.2) is 9.59 Å². The lowest BCUT2D eigenvalue weighted by Gasteiger charge is -2.37. The van der Waals surface area contributed by atoms with Crippen LogP contribution in [0.2, 0.25) is 0 Å². The summed E-state index contributed by atoms with van der Waals surface area (Å²) in [4.78, 5) is 39.7. The van der Waals surface area contributed by atoms with Gasteiger partial charge in [0.15, 0.2) is 5.54 Å². The molecule has 0 aliphatic carbocycles. The van der Waals surface area contributed by atoms with Crippen molar-refractivity contribution in [1.82, 2.24) is 10.2 Å². The molecule has 2 amide bonds. The lowest BCUT2D eigenvalue weighted by Crippen LogP contribution is -2.61. The summed E-state index contributed by atoms with van der Waals surface area (Å²) in [5.74, 6) is -1.76. The van der Waals surface area contributed by atoms with Crippen molar-refractivity contribution in [2.24, 2.45) is 0 Å². The molecule has 31 heavy (non-hydrogen) atoms. The molecule has 170 valence electrons. The van der Waals surface area contributed by atoms with Gasteiger partial charge in [0.05, 0.1) is 0 Å². The van der Waals surface area contributed by atoms with Gasteiger partial charge < -0.3 is 19.9 Å². The van der Waals surface area contributed by atoms with E-state index >= 15 is 0 Å². The summed E-state index contributed by atoms with van der Waals surface area (Å²) in [5.41, 5.74) is -1.65. The van der Waals surface area contributed by atoms with Gasteiger partial charge in [0.2, 0.25) is 0 Å². The molecule has 1 aliphatic heterocycles. The van der Waals surface area contributed by atoms with Crippen molar-refractivity contribution in [3.63, 3.8) is 0 Å². The highest BCUT2D eigenvalue weighted by molar-refractivity contribution is 5.95. The number of hydrogen-bond acceptors (Lipinski definition) is 6. The summed E-state index contributed by atoms with van der Waals surface area (Å²) in [6.07, 6.45) is 0.194. The van der Waals surface area contributed by atoms with Crippen molar-refractivity contribution < 1.29 is 29.0 Å². The maximum Gasteiger partial charge on any atom is 0.411 e. The van der Waals surface area contributed by atoms with E-state index in [9.17, 15) is 19.5 Å². The third kappa shape index (κ3) is 5.77. The van der Waals surface area contributed by atoms with Crippen LogP contribution in [-0.2, 0) is 25.7 Å². The zero-order chi connectivity index (χ0) is 23.2. The molecule has 8 nitrogen and oxygen atoms in total. The number of nitrogens with zero attached hydrogens (tertiary/aromatic N) is 1. The average molecular weight is 433 g/mol. The second-order valence-electron chi connectivity index (χ2n) is 8.57. The Labute approximate surface area is 183 Å². The third-order valence-electron chi connectivity index (χ3n) is 5.07. The topological polar surface area (TPSA) is 105 Å². The van der Waals surface area contributed by atoms with Gasteiger partial charge in [-0.2, -0.15) is 0 Å². The van der Waals surface area contributed by atoms with Crippen LogP contribution in [0.4, 0.5) is 4.79 Å². The average Bonchev–Trinajstić information content (AvgIpc) is 3.16. The van der Waals surface area contributed by atoms with E-state index in [1.54, 1.807) is 27.7 Å². The monoisotopic (exact) mass is 432 g/mol. The predicted molar refractivity (Wildman–Crippen MR) is 115 cm³/mol. The molecule has 0 bridgehead atoms. The molecule has 1 aliphatic rings. The minimum Gasteiger partial charge on any atom is -0.510 e. The summed E-state index contributed by atoms with van der Waals surface area (Å²) in [6.45, 7) is 10.7. The largest absolute Gasteiger partial charge is 0.510 e. The second kappa shape index (κ2) is 9.85. The van der Waals surface area contributed by atoms with Crippen molar-refractivity contribution in [3.8, 4) is 0 Å². The number of aliphatic hydroxyl groups excluding tert-OH is 1. The summed E-state index contributed by atoms with van der Waals surface area (Å²) in [5, 5.41) is 13.0. The van der Waals surface area contributed by atoms with Crippen molar-refractivity contribution in [2.45, 2.75) is 70.7 Å². The van der Waals surface area contributed by atoms with Crippen LogP contribution in [0.1, 0.15) is 52.5 Å². The van der Waals surface area contributed by atoms with Crippen molar-refractivity contribution in [3.05, 3.63) is 48.2 Å². The fourth-order valence-corrected chi connectivity index (χ4v) is 3.48. The third-order valence-corrected chi connectivity index (χ3v) is 5.07. The normalized spacial score (nSPS) is 19.4. The van der Waals surface area contributed by atoms with Crippen LogP contribution in [0.5, 0.6) is 0 Å². The van der Waals surface area contributed by atoms with Crippen LogP contribution in [-0.4, -0.2) is 51.7 Å². The van der Waals surface area contributed by atoms with Crippen LogP contribution >= 0.6 is 0 Å². The van der Waals surface area contributed by atoms with Crippen LogP contribution in [0, 0.1) is 0 Å². The first-order valence-corrected chi connectivity index (χ1v) is 10.4. The molecule has 2 rings (SSSR count). The zero-order valence-electron chi connectivity index (χ0n) is 18.6. The number of ether oxygens (including phenoxy) is 2. The fourth-order valence-electron chi connectivity index (χ4n) is 3.48. The SMILES string of the molecule is C=C(O)[C@@]1(C(=O)N[C@@H](CC)C(=O)OCc2ccccc2)CCCN1C(=O)OC(C)(C)C. The van der Waals surface area contributed by atoms with Crippen LogP contribution < -0.4 is 5.32 Å². The minimum absolute atomic E-state index is 0.0773. The first-order chi connectivity index (χ1) is 14.5. The van der Waals surface area contributed by atoms with Crippen LogP contribution in [0.3, 0.4) is 0 Å². The lowest BCUT2D eigenvalue weighted by atomic mass is 9.92. The molecule has 1 aromatic rings. The molecule has 0 unspecified atom stereocenters. The molecule has 2 atom stereocenters. The Morgan fingerprint density at radius 3 is 2.45 bits per heavy atom. The molecular weight excluding hydrogens is 400 g/mol. The van der Waals surface area contributed by atoms with E-state index in [1.807, 2.05) is 30.3 Å². The highest BCUT2D eigenvalue weighted by atomic mass is 16.6.